The third kappa shape index (κ3) is 6.38. The zero-order valence-electron chi connectivity index (χ0n) is 20.1. The van der Waals surface area contributed by atoms with Crippen LogP contribution in [0.15, 0.2) is 42.5 Å². The number of aromatic nitrogens is 3. The molecule has 1 amide bonds. The number of nitrogens with one attached hydrogen (secondary N) is 2. The summed E-state index contributed by atoms with van der Waals surface area (Å²) in [6.07, 6.45) is 1.81. The van der Waals surface area contributed by atoms with Gasteiger partial charge in [0.1, 0.15) is 12.3 Å². The highest BCUT2D eigenvalue weighted by Gasteiger charge is 2.16. The first-order chi connectivity index (χ1) is 16.5. The fraction of sp³-hybridized carbons (Fsp3) is 0.400. The highest BCUT2D eigenvalue weighted by Crippen LogP contribution is 2.31. The van der Waals surface area contributed by atoms with Crippen LogP contribution in [0.4, 0.5) is 0 Å². The third-order valence-corrected chi connectivity index (χ3v) is 5.49. The Labute approximate surface area is 205 Å². The Morgan fingerprint density at radius 3 is 2.41 bits per heavy atom. The molecular weight excluding hydrogens is 452 g/mol. The standard InChI is InChI=1S/C25H32N4O4S/c1-5-13-32-21-12-9-19(15-22(21)33-14-6-2)17(3)26-23(30)16-29-24(27-28-25(29)34)18-7-10-20(31-4)11-8-18/h7-12,15,17H,5-6,13-14,16H2,1-4H3,(H,26,30)(H,28,34). The molecule has 2 N–H and O–H groups in total. The van der Waals surface area contributed by atoms with Crippen LogP contribution in [0.1, 0.15) is 45.2 Å². The molecule has 0 bridgehead atoms. The average Bonchev–Trinajstić information content (AvgIpc) is 3.21. The van der Waals surface area contributed by atoms with E-state index in [1.165, 1.54) is 0 Å². The molecule has 3 aromatic rings. The van der Waals surface area contributed by atoms with Gasteiger partial charge in [0.15, 0.2) is 22.1 Å². The number of aromatic amines is 1. The molecule has 0 radical (unpaired) electrons. The zero-order chi connectivity index (χ0) is 24.5. The highest BCUT2D eigenvalue weighted by molar-refractivity contribution is 7.71. The maximum atomic E-state index is 12.9. The lowest BCUT2D eigenvalue weighted by Gasteiger charge is -2.18. The van der Waals surface area contributed by atoms with Crippen molar-refractivity contribution in [2.75, 3.05) is 20.3 Å². The number of rotatable bonds is 12. The molecule has 1 aromatic heterocycles. The van der Waals surface area contributed by atoms with E-state index in [0.29, 0.717) is 35.3 Å². The Kier molecular flexibility index (Phi) is 9.09. The molecular formula is C25H32N4O4S. The predicted molar refractivity (Wildman–Crippen MR) is 134 cm³/mol. The number of hydrogen-bond acceptors (Lipinski definition) is 6. The molecule has 9 heteroatoms. The van der Waals surface area contributed by atoms with Crippen molar-refractivity contribution >= 4 is 18.1 Å². The zero-order valence-corrected chi connectivity index (χ0v) is 20.9. The fourth-order valence-electron chi connectivity index (χ4n) is 3.39. The summed E-state index contributed by atoms with van der Waals surface area (Å²) in [4.78, 5) is 12.9. The van der Waals surface area contributed by atoms with Crippen molar-refractivity contribution in [3.8, 4) is 28.6 Å². The normalized spacial score (nSPS) is 11.6. The summed E-state index contributed by atoms with van der Waals surface area (Å²) >= 11 is 5.36. The molecule has 182 valence electrons. The van der Waals surface area contributed by atoms with Crippen LogP contribution in [-0.2, 0) is 11.3 Å². The van der Waals surface area contributed by atoms with Gasteiger partial charge in [0.25, 0.3) is 0 Å². The number of H-pyrrole nitrogens is 1. The molecule has 2 aromatic carbocycles. The number of carbonyl (C=O) groups excluding carboxylic acids is 1. The SMILES string of the molecule is CCCOc1ccc(C(C)NC(=O)Cn2c(-c3ccc(OC)cc3)n[nH]c2=S)cc1OCCC. The van der Waals surface area contributed by atoms with E-state index in [1.54, 1.807) is 11.7 Å². The summed E-state index contributed by atoms with van der Waals surface area (Å²) in [6.45, 7) is 7.31. The summed E-state index contributed by atoms with van der Waals surface area (Å²) < 4.78 is 19.0. The first kappa shape index (κ1) is 25.3. The van der Waals surface area contributed by atoms with Crippen LogP contribution in [0.3, 0.4) is 0 Å². The molecule has 1 atom stereocenters. The van der Waals surface area contributed by atoms with Gasteiger partial charge in [0.05, 0.1) is 26.4 Å². The molecule has 0 aliphatic rings. The van der Waals surface area contributed by atoms with E-state index >= 15 is 0 Å². The van der Waals surface area contributed by atoms with Gasteiger partial charge < -0.3 is 19.5 Å². The molecule has 0 aliphatic heterocycles. The van der Waals surface area contributed by atoms with Crippen LogP contribution >= 0.6 is 12.2 Å². The molecule has 0 aliphatic carbocycles. The van der Waals surface area contributed by atoms with E-state index in [-0.39, 0.29) is 18.5 Å². The molecule has 0 saturated heterocycles. The van der Waals surface area contributed by atoms with Gasteiger partial charge in [0, 0.05) is 5.56 Å². The largest absolute Gasteiger partial charge is 0.497 e. The molecule has 1 unspecified atom stereocenters. The van der Waals surface area contributed by atoms with Gasteiger partial charge >= 0.3 is 0 Å². The fourth-order valence-corrected chi connectivity index (χ4v) is 3.59. The van der Waals surface area contributed by atoms with Crippen molar-refractivity contribution in [1.82, 2.24) is 20.1 Å². The lowest BCUT2D eigenvalue weighted by Crippen LogP contribution is -2.30. The third-order valence-electron chi connectivity index (χ3n) is 5.18. The second kappa shape index (κ2) is 12.2. The second-order valence-corrected chi connectivity index (χ2v) is 8.25. The number of hydrogen-bond donors (Lipinski definition) is 2. The minimum absolute atomic E-state index is 0.0396. The number of nitrogens with zero attached hydrogens (tertiary/aromatic N) is 2. The summed E-state index contributed by atoms with van der Waals surface area (Å²) in [6, 6.07) is 13.0. The van der Waals surface area contributed by atoms with E-state index in [4.69, 9.17) is 26.4 Å². The van der Waals surface area contributed by atoms with Crippen LogP contribution in [0, 0.1) is 4.77 Å². The van der Waals surface area contributed by atoms with Crippen molar-refractivity contribution in [3.63, 3.8) is 0 Å². The Morgan fingerprint density at radius 2 is 1.76 bits per heavy atom. The van der Waals surface area contributed by atoms with E-state index in [1.807, 2.05) is 49.4 Å². The van der Waals surface area contributed by atoms with E-state index in [2.05, 4.69) is 29.4 Å². The summed E-state index contributed by atoms with van der Waals surface area (Å²) in [5, 5.41) is 10.1. The Bertz CT molecular complexity index is 1140. The minimum atomic E-state index is -0.234. The molecule has 0 spiro atoms. The number of ether oxygens (including phenoxy) is 3. The van der Waals surface area contributed by atoms with Gasteiger partial charge in [-0.2, -0.15) is 5.10 Å². The van der Waals surface area contributed by atoms with Crippen LogP contribution in [0.5, 0.6) is 17.2 Å². The maximum Gasteiger partial charge on any atom is 0.240 e. The van der Waals surface area contributed by atoms with Gasteiger partial charge in [-0.25, -0.2) is 0 Å². The summed E-state index contributed by atoms with van der Waals surface area (Å²) in [5.74, 6) is 2.55. The summed E-state index contributed by atoms with van der Waals surface area (Å²) in [7, 11) is 1.61. The monoisotopic (exact) mass is 484 g/mol. The lowest BCUT2D eigenvalue weighted by molar-refractivity contribution is -0.122. The van der Waals surface area contributed by atoms with Gasteiger partial charge in [-0.05, 0) is 73.9 Å². The molecule has 34 heavy (non-hydrogen) atoms. The molecule has 8 nitrogen and oxygen atoms in total. The van der Waals surface area contributed by atoms with E-state index in [9.17, 15) is 4.79 Å². The topological polar surface area (TPSA) is 90.4 Å². The van der Waals surface area contributed by atoms with Crippen LogP contribution < -0.4 is 19.5 Å². The average molecular weight is 485 g/mol. The lowest BCUT2D eigenvalue weighted by atomic mass is 10.1. The minimum Gasteiger partial charge on any atom is -0.497 e. The van der Waals surface area contributed by atoms with Gasteiger partial charge in [-0.3, -0.25) is 14.5 Å². The van der Waals surface area contributed by atoms with Crippen molar-refractivity contribution in [2.45, 2.75) is 46.2 Å². The predicted octanol–water partition coefficient (Wildman–Crippen LogP) is 5.07. The smallest absolute Gasteiger partial charge is 0.240 e. The van der Waals surface area contributed by atoms with Crippen molar-refractivity contribution in [1.29, 1.82) is 0 Å². The summed E-state index contributed by atoms with van der Waals surface area (Å²) in [5.41, 5.74) is 1.75. The second-order valence-electron chi connectivity index (χ2n) is 7.86. The van der Waals surface area contributed by atoms with Gasteiger partial charge in [-0.1, -0.05) is 19.9 Å². The molecule has 1 heterocycles. The first-order valence-electron chi connectivity index (χ1n) is 11.4. The number of benzene rings is 2. The van der Waals surface area contributed by atoms with Gasteiger partial charge in [0.2, 0.25) is 5.91 Å². The highest BCUT2D eigenvalue weighted by atomic mass is 32.1. The molecule has 0 fully saturated rings. The number of methoxy groups -OCH3 is 1. The van der Waals surface area contributed by atoms with Crippen molar-refractivity contribution < 1.29 is 19.0 Å². The molecule has 0 saturated carbocycles. The number of amides is 1. The van der Waals surface area contributed by atoms with Crippen LogP contribution in [-0.4, -0.2) is 41.0 Å². The Hall–Kier alpha value is -3.33. The van der Waals surface area contributed by atoms with Crippen molar-refractivity contribution in [2.24, 2.45) is 0 Å². The number of carbonyl (C=O) groups is 1. The Balaban J connectivity index is 1.73. The van der Waals surface area contributed by atoms with Crippen LogP contribution in [0.2, 0.25) is 0 Å². The molecule has 3 rings (SSSR count). The van der Waals surface area contributed by atoms with E-state index < -0.39 is 0 Å². The Morgan fingerprint density at radius 1 is 1.09 bits per heavy atom. The van der Waals surface area contributed by atoms with Crippen molar-refractivity contribution in [3.05, 3.63) is 52.8 Å². The van der Waals surface area contributed by atoms with Crippen LogP contribution in [0.25, 0.3) is 11.4 Å². The quantitative estimate of drug-likeness (QED) is 0.349. The van der Waals surface area contributed by atoms with Gasteiger partial charge in [-0.15, -0.1) is 0 Å². The first-order valence-corrected chi connectivity index (χ1v) is 11.9. The maximum absolute atomic E-state index is 12.9. The van der Waals surface area contributed by atoms with E-state index in [0.717, 1.165) is 29.7 Å².